The molecule has 0 atom stereocenters. The van der Waals surface area contributed by atoms with Crippen LogP contribution in [0.3, 0.4) is 0 Å². The average Bonchev–Trinajstić information content (AvgIpc) is 2.26. The van der Waals surface area contributed by atoms with Crippen LogP contribution in [-0.4, -0.2) is 18.8 Å². The van der Waals surface area contributed by atoms with Gasteiger partial charge in [-0.2, -0.15) is 0 Å². The maximum absolute atomic E-state index is 5.99. The lowest BCUT2D eigenvalue weighted by atomic mass is 9.92. The van der Waals surface area contributed by atoms with Gasteiger partial charge in [0.15, 0.2) is 0 Å². The molecule has 3 nitrogen and oxygen atoms in total. The van der Waals surface area contributed by atoms with Crippen LogP contribution in [0.5, 0.6) is 0 Å². The summed E-state index contributed by atoms with van der Waals surface area (Å²) in [5.41, 5.74) is 7.52. The Morgan fingerprint density at radius 3 is 2.75 bits per heavy atom. The van der Waals surface area contributed by atoms with Crippen molar-refractivity contribution in [1.82, 2.24) is 0 Å². The number of ether oxygens (including phenoxy) is 1. The van der Waals surface area contributed by atoms with E-state index in [1.807, 2.05) is 12.1 Å². The van der Waals surface area contributed by atoms with Crippen molar-refractivity contribution in [2.75, 3.05) is 24.3 Å². The highest BCUT2D eigenvalue weighted by Gasteiger charge is 2.27. The summed E-state index contributed by atoms with van der Waals surface area (Å²) >= 11 is 5.99. The Morgan fingerprint density at radius 2 is 2.06 bits per heavy atom. The van der Waals surface area contributed by atoms with E-state index >= 15 is 0 Å². The summed E-state index contributed by atoms with van der Waals surface area (Å²) in [4.78, 5) is 0. The van der Waals surface area contributed by atoms with Gasteiger partial charge in [-0.15, -0.1) is 0 Å². The van der Waals surface area contributed by atoms with E-state index in [-0.39, 0.29) is 5.54 Å². The second-order valence-electron chi connectivity index (χ2n) is 4.50. The molecule has 1 heterocycles. The maximum Gasteiger partial charge on any atom is 0.0739 e. The highest BCUT2D eigenvalue weighted by atomic mass is 35.5. The summed E-state index contributed by atoms with van der Waals surface area (Å²) in [6, 6.07) is 5.67. The van der Waals surface area contributed by atoms with Gasteiger partial charge in [-0.05, 0) is 31.9 Å². The zero-order valence-corrected chi connectivity index (χ0v) is 10.2. The van der Waals surface area contributed by atoms with Crippen molar-refractivity contribution in [3.05, 3.63) is 23.2 Å². The van der Waals surface area contributed by atoms with E-state index in [9.17, 15) is 0 Å². The summed E-state index contributed by atoms with van der Waals surface area (Å²) in [6.45, 7) is 3.78. The number of hydrogen-bond acceptors (Lipinski definition) is 3. The molecule has 1 aromatic rings. The molecular formula is C12H17ClN2O. The van der Waals surface area contributed by atoms with Gasteiger partial charge in [-0.1, -0.05) is 17.7 Å². The van der Waals surface area contributed by atoms with E-state index in [0.717, 1.165) is 31.7 Å². The van der Waals surface area contributed by atoms with Gasteiger partial charge in [-0.25, -0.2) is 0 Å². The van der Waals surface area contributed by atoms with Crippen LogP contribution in [-0.2, 0) is 4.74 Å². The van der Waals surface area contributed by atoms with Crippen molar-refractivity contribution in [3.63, 3.8) is 0 Å². The summed E-state index contributed by atoms with van der Waals surface area (Å²) < 4.78 is 5.36. The fourth-order valence-corrected chi connectivity index (χ4v) is 2.09. The summed E-state index contributed by atoms with van der Waals surface area (Å²) in [7, 11) is 0. The Kier molecular flexibility index (Phi) is 3.26. The largest absolute Gasteiger partial charge is 0.396 e. The number of nitrogens with two attached hydrogens (primary N) is 1. The van der Waals surface area contributed by atoms with Crippen molar-refractivity contribution < 1.29 is 4.74 Å². The van der Waals surface area contributed by atoms with Gasteiger partial charge in [0.2, 0.25) is 0 Å². The first kappa shape index (κ1) is 11.6. The molecule has 1 aliphatic heterocycles. The molecule has 4 heteroatoms. The minimum Gasteiger partial charge on any atom is -0.396 e. The van der Waals surface area contributed by atoms with Crippen LogP contribution in [0.15, 0.2) is 18.2 Å². The first-order chi connectivity index (χ1) is 7.61. The van der Waals surface area contributed by atoms with Crippen molar-refractivity contribution >= 4 is 23.0 Å². The first-order valence-electron chi connectivity index (χ1n) is 5.51. The van der Waals surface area contributed by atoms with Crippen LogP contribution in [0.25, 0.3) is 0 Å². The molecule has 0 bridgehead atoms. The lowest BCUT2D eigenvalue weighted by Crippen LogP contribution is -2.40. The van der Waals surface area contributed by atoms with Crippen LogP contribution in [0.1, 0.15) is 19.8 Å². The normalized spacial score (nSPS) is 19.4. The van der Waals surface area contributed by atoms with Gasteiger partial charge in [0.1, 0.15) is 0 Å². The number of anilines is 2. The lowest BCUT2D eigenvalue weighted by molar-refractivity contribution is 0.0658. The molecule has 0 aliphatic carbocycles. The second-order valence-corrected chi connectivity index (χ2v) is 4.91. The van der Waals surface area contributed by atoms with Gasteiger partial charge in [-0.3, -0.25) is 0 Å². The van der Waals surface area contributed by atoms with Crippen LogP contribution in [0.2, 0.25) is 5.02 Å². The van der Waals surface area contributed by atoms with Gasteiger partial charge in [0.25, 0.3) is 0 Å². The molecule has 1 saturated heterocycles. The molecule has 1 aliphatic rings. The predicted octanol–water partition coefficient (Wildman–Crippen LogP) is 2.90. The zero-order valence-electron chi connectivity index (χ0n) is 9.42. The molecule has 88 valence electrons. The van der Waals surface area contributed by atoms with Crippen molar-refractivity contribution in [2.45, 2.75) is 25.3 Å². The van der Waals surface area contributed by atoms with Gasteiger partial charge >= 0.3 is 0 Å². The van der Waals surface area contributed by atoms with Crippen LogP contribution >= 0.6 is 11.6 Å². The molecule has 0 amide bonds. The fourth-order valence-electron chi connectivity index (χ4n) is 1.92. The minimum atomic E-state index is 0.0526. The third kappa shape index (κ3) is 2.42. The summed E-state index contributed by atoms with van der Waals surface area (Å²) in [5.74, 6) is 0. The molecule has 0 unspecified atom stereocenters. The van der Waals surface area contributed by atoms with Crippen LogP contribution in [0, 0.1) is 0 Å². The quantitative estimate of drug-likeness (QED) is 0.782. The fraction of sp³-hybridized carbons (Fsp3) is 0.500. The monoisotopic (exact) mass is 240 g/mol. The number of nitrogens with one attached hydrogen (secondary N) is 1. The third-order valence-electron chi connectivity index (χ3n) is 3.09. The molecule has 3 N–H and O–H groups in total. The number of hydrogen-bond donors (Lipinski definition) is 2. The van der Waals surface area contributed by atoms with E-state index in [1.165, 1.54) is 0 Å². The standard InChI is InChI=1S/C12H17ClN2O/c1-12(5-7-16-8-6-12)15-10-4-2-3-9(13)11(10)14/h2-4,15H,5-8,14H2,1H3. The average molecular weight is 241 g/mol. The Morgan fingerprint density at radius 1 is 1.38 bits per heavy atom. The lowest BCUT2D eigenvalue weighted by Gasteiger charge is -2.35. The van der Waals surface area contributed by atoms with E-state index < -0.39 is 0 Å². The number of halogens is 1. The molecule has 0 saturated carbocycles. The highest BCUT2D eigenvalue weighted by Crippen LogP contribution is 2.32. The number of rotatable bonds is 2. The SMILES string of the molecule is CC1(Nc2cccc(Cl)c2N)CCOCC1. The smallest absolute Gasteiger partial charge is 0.0739 e. The highest BCUT2D eigenvalue weighted by molar-refractivity contribution is 6.33. The number of benzene rings is 1. The van der Waals surface area contributed by atoms with Crippen molar-refractivity contribution in [1.29, 1.82) is 0 Å². The Labute approximate surface area is 101 Å². The molecular weight excluding hydrogens is 224 g/mol. The summed E-state index contributed by atoms with van der Waals surface area (Å²) in [6.07, 6.45) is 1.97. The van der Waals surface area contributed by atoms with Gasteiger partial charge in [0.05, 0.1) is 16.4 Å². The Hall–Kier alpha value is -0.930. The summed E-state index contributed by atoms with van der Waals surface area (Å²) in [5, 5.41) is 4.07. The molecule has 0 radical (unpaired) electrons. The molecule has 1 aromatic carbocycles. The Bertz CT molecular complexity index is 375. The first-order valence-corrected chi connectivity index (χ1v) is 5.88. The minimum absolute atomic E-state index is 0.0526. The molecule has 16 heavy (non-hydrogen) atoms. The molecule has 0 spiro atoms. The molecule has 2 rings (SSSR count). The topological polar surface area (TPSA) is 47.3 Å². The molecule has 0 aromatic heterocycles. The van der Waals surface area contributed by atoms with E-state index in [1.54, 1.807) is 6.07 Å². The second kappa shape index (κ2) is 4.52. The number of nitrogen functional groups attached to an aromatic ring is 1. The third-order valence-corrected chi connectivity index (χ3v) is 3.42. The van der Waals surface area contributed by atoms with E-state index in [4.69, 9.17) is 22.1 Å². The zero-order chi connectivity index (χ0) is 11.6. The molecule has 1 fully saturated rings. The van der Waals surface area contributed by atoms with Gasteiger partial charge < -0.3 is 15.8 Å². The maximum atomic E-state index is 5.99. The van der Waals surface area contributed by atoms with Crippen molar-refractivity contribution in [3.8, 4) is 0 Å². The van der Waals surface area contributed by atoms with Crippen molar-refractivity contribution in [2.24, 2.45) is 0 Å². The Balaban J connectivity index is 2.16. The number of para-hydroxylation sites is 1. The van der Waals surface area contributed by atoms with Crippen LogP contribution < -0.4 is 11.1 Å². The van der Waals surface area contributed by atoms with Crippen LogP contribution in [0.4, 0.5) is 11.4 Å². The van der Waals surface area contributed by atoms with Gasteiger partial charge in [0, 0.05) is 18.8 Å². The van der Waals surface area contributed by atoms with E-state index in [0.29, 0.717) is 10.7 Å². The van der Waals surface area contributed by atoms with E-state index in [2.05, 4.69) is 12.2 Å². The predicted molar refractivity (Wildman–Crippen MR) is 67.9 cm³/mol.